The fourth-order valence-corrected chi connectivity index (χ4v) is 1.98. The molecule has 1 aromatic rings. The Balaban J connectivity index is 1.90. The lowest BCUT2D eigenvalue weighted by Crippen LogP contribution is -2.31. The highest BCUT2D eigenvalue weighted by Crippen LogP contribution is 2.20. The van der Waals surface area contributed by atoms with Crippen LogP contribution in [0.4, 0.5) is 11.6 Å². The third kappa shape index (κ3) is 2.82. The first kappa shape index (κ1) is 11.1. The van der Waals surface area contributed by atoms with Crippen LogP contribution in [0, 0.1) is 5.92 Å². The molecule has 2 heterocycles. The van der Waals surface area contributed by atoms with Crippen LogP contribution in [0.3, 0.4) is 0 Å². The zero-order chi connectivity index (χ0) is 11.4. The highest BCUT2D eigenvalue weighted by molar-refractivity contribution is 5.36. The molecule has 1 atom stereocenters. The lowest BCUT2D eigenvalue weighted by atomic mass is 9.93. The molecule has 2 rings (SSSR count). The Morgan fingerprint density at radius 3 is 2.75 bits per heavy atom. The topological polar surface area (TPSA) is 73.1 Å². The second-order valence-corrected chi connectivity index (χ2v) is 4.21. The minimum atomic E-state index is 0.391. The molecule has 1 aliphatic rings. The number of nitrogens with one attached hydrogen (secondary N) is 1. The van der Waals surface area contributed by atoms with Gasteiger partial charge in [0, 0.05) is 19.3 Å². The first-order chi connectivity index (χ1) is 7.75. The lowest BCUT2D eigenvalue weighted by molar-refractivity contribution is 0.0622. The summed E-state index contributed by atoms with van der Waals surface area (Å²) in [6.45, 7) is 3.90. The number of nitrogens with zero attached hydrogens (tertiary/aromatic N) is 2. The highest BCUT2D eigenvalue weighted by Gasteiger charge is 2.20. The molecular formula is C11H18N4O. The van der Waals surface area contributed by atoms with E-state index in [9.17, 15) is 0 Å². The van der Waals surface area contributed by atoms with Gasteiger partial charge in [0.25, 0.3) is 0 Å². The van der Waals surface area contributed by atoms with Gasteiger partial charge in [0.1, 0.15) is 11.6 Å². The molecule has 16 heavy (non-hydrogen) atoms. The molecule has 0 aliphatic carbocycles. The lowest BCUT2D eigenvalue weighted by Gasteiger charge is -2.28. The molecule has 0 spiro atoms. The quantitative estimate of drug-likeness (QED) is 0.806. The fourth-order valence-electron chi connectivity index (χ4n) is 1.98. The second kappa shape index (κ2) is 5.12. The summed E-state index contributed by atoms with van der Waals surface area (Å²) in [5.74, 6) is 1.88. The van der Waals surface area contributed by atoms with E-state index in [0.717, 1.165) is 31.9 Å². The predicted molar refractivity (Wildman–Crippen MR) is 63.1 cm³/mol. The SMILES string of the molecule is CC(Nc1cnc(N)cn1)C1CCOCC1. The average Bonchev–Trinajstić information content (AvgIpc) is 2.33. The molecule has 0 saturated carbocycles. The van der Waals surface area contributed by atoms with Gasteiger partial charge in [-0.2, -0.15) is 0 Å². The van der Waals surface area contributed by atoms with E-state index in [1.165, 1.54) is 0 Å². The van der Waals surface area contributed by atoms with Gasteiger partial charge in [-0.1, -0.05) is 0 Å². The number of anilines is 2. The predicted octanol–water partition coefficient (Wildman–Crippen LogP) is 1.29. The number of hydrogen-bond donors (Lipinski definition) is 2. The number of nitrogens with two attached hydrogens (primary N) is 1. The van der Waals surface area contributed by atoms with Crippen molar-refractivity contribution < 1.29 is 4.74 Å². The maximum Gasteiger partial charge on any atom is 0.144 e. The number of rotatable bonds is 3. The Morgan fingerprint density at radius 2 is 2.12 bits per heavy atom. The van der Waals surface area contributed by atoms with E-state index in [0.29, 0.717) is 17.8 Å². The van der Waals surface area contributed by atoms with Gasteiger partial charge in [-0.05, 0) is 25.7 Å². The van der Waals surface area contributed by atoms with Crippen LogP contribution in [-0.2, 0) is 4.74 Å². The maximum atomic E-state index is 5.48. The van der Waals surface area contributed by atoms with Gasteiger partial charge in [0.2, 0.25) is 0 Å². The van der Waals surface area contributed by atoms with E-state index >= 15 is 0 Å². The maximum absolute atomic E-state index is 5.48. The molecular weight excluding hydrogens is 204 g/mol. The fraction of sp³-hybridized carbons (Fsp3) is 0.636. The van der Waals surface area contributed by atoms with Gasteiger partial charge in [0.05, 0.1) is 12.4 Å². The Kier molecular flexibility index (Phi) is 3.56. The Bertz CT molecular complexity index is 321. The number of ether oxygens (including phenoxy) is 1. The van der Waals surface area contributed by atoms with Crippen molar-refractivity contribution >= 4 is 11.6 Å². The molecule has 1 aromatic heterocycles. The minimum absolute atomic E-state index is 0.391. The van der Waals surface area contributed by atoms with Crippen molar-refractivity contribution in [2.24, 2.45) is 5.92 Å². The normalized spacial score (nSPS) is 19.3. The molecule has 0 aromatic carbocycles. The van der Waals surface area contributed by atoms with Crippen LogP contribution in [0.15, 0.2) is 12.4 Å². The number of hydrogen-bond acceptors (Lipinski definition) is 5. The summed E-state index contributed by atoms with van der Waals surface area (Å²) in [7, 11) is 0. The van der Waals surface area contributed by atoms with Crippen LogP contribution < -0.4 is 11.1 Å². The first-order valence-electron chi connectivity index (χ1n) is 5.67. The van der Waals surface area contributed by atoms with Crippen molar-refractivity contribution in [3.05, 3.63) is 12.4 Å². The van der Waals surface area contributed by atoms with E-state index in [1.807, 2.05) is 0 Å². The van der Waals surface area contributed by atoms with Gasteiger partial charge in [0.15, 0.2) is 0 Å². The van der Waals surface area contributed by atoms with Crippen LogP contribution >= 0.6 is 0 Å². The van der Waals surface area contributed by atoms with E-state index in [4.69, 9.17) is 10.5 Å². The van der Waals surface area contributed by atoms with E-state index in [-0.39, 0.29) is 0 Å². The molecule has 1 fully saturated rings. The van der Waals surface area contributed by atoms with Gasteiger partial charge in [-0.25, -0.2) is 9.97 Å². The van der Waals surface area contributed by atoms with Gasteiger partial charge in [-0.15, -0.1) is 0 Å². The smallest absolute Gasteiger partial charge is 0.144 e. The van der Waals surface area contributed by atoms with Crippen LogP contribution in [-0.4, -0.2) is 29.2 Å². The van der Waals surface area contributed by atoms with Crippen molar-refractivity contribution in [2.45, 2.75) is 25.8 Å². The van der Waals surface area contributed by atoms with E-state index < -0.39 is 0 Å². The molecule has 1 saturated heterocycles. The van der Waals surface area contributed by atoms with Crippen molar-refractivity contribution in [3.8, 4) is 0 Å². The molecule has 88 valence electrons. The summed E-state index contributed by atoms with van der Waals surface area (Å²) in [4.78, 5) is 8.19. The molecule has 5 heteroatoms. The molecule has 1 aliphatic heterocycles. The number of nitrogen functional groups attached to an aromatic ring is 1. The standard InChI is InChI=1S/C11H18N4O/c1-8(9-2-4-16-5-3-9)15-11-7-13-10(12)6-14-11/h6-9H,2-5H2,1H3,(H2,12,13)(H,14,15). The highest BCUT2D eigenvalue weighted by atomic mass is 16.5. The second-order valence-electron chi connectivity index (χ2n) is 4.21. The number of aromatic nitrogens is 2. The van der Waals surface area contributed by atoms with Crippen LogP contribution in [0.5, 0.6) is 0 Å². The van der Waals surface area contributed by atoms with Crippen molar-refractivity contribution in [2.75, 3.05) is 24.3 Å². The van der Waals surface area contributed by atoms with E-state index in [1.54, 1.807) is 12.4 Å². The Hall–Kier alpha value is -1.36. The van der Waals surface area contributed by atoms with Crippen molar-refractivity contribution in [3.63, 3.8) is 0 Å². The molecule has 3 N–H and O–H groups in total. The molecule has 5 nitrogen and oxygen atoms in total. The molecule has 0 radical (unpaired) electrons. The van der Waals surface area contributed by atoms with Gasteiger partial charge < -0.3 is 15.8 Å². The summed E-state index contributed by atoms with van der Waals surface area (Å²) < 4.78 is 5.34. The average molecular weight is 222 g/mol. The Morgan fingerprint density at radius 1 is 1.38 bits per heavy atom. The summed E-state index contributed by atoms with van der Waals surface area (Å²) in [5, 5.41) is 3.35. The van der Waals surface area contributed by atoms with Crippen LogP contribution in [0.25, 0.3) is 0 Å². The van der Waals surface area contributed by atoms with E-state index in [2.05, 4.69) is 22.2 Å². The van der Waals surface area contributed by atoms with Crippen molar-refractivity contribution in [1.29, 1.82) is 0 Å². The zero-order valence-electron chi connectivity index (χ0n) is 9.52. The van der Waals surface area contributed by atoms with Crippen LogP contribution in [0.2, 0.25) is 0 Å². The molecule has 1 unspecified atom stereocenters. The summed E-state index contributed by atoms with van der Waals surface area (Å²) in [6.07, 6.45) is 5.46. The summed E-state index contributed by atoms with van der Waals surface area (Å²) >= 11 is 0. The third-order valence-electron chi connectivity index (χ3n) is 3.02. The monoisotopic (exact) mass is 222 g/mol. The zero-order valence-corrected chi connectivity index (χ0v) is 9.52. The molecule has 0 amide bonds. The van der Waals surface area contributed by atoms with Gasteiger partial charge >= 0.3 is 0 Å². The van der Waals surface area contributed by atoms with Crippen molar-refractivity contribution in [1.82, 2.24) is 9.97 Å². The third-order valence-corrected chi connectivity index (χ3v) is 3.02. The van der Waals surface area contributed by atoms with Gasteiger partial charge in [-0.3, -0.25) is 0 Å². The molecule has 0 bridgehead atoms. The first-order valence-corrected chi connectivity index (χ1v) is 5.67. The summed E-state index contributed by atoms with van der Waals surface area (Å²) in [6, 6.07) is 0.391. The summed E-state index contributed by atoms with van der Waals surface area (Å²) in [5.41, 5.74) is 5.48. The minimum Gasteiger partial charge on any atom is -0.382 e. The van der Waals surface area contributed by atoms with Crippen LogP contribution in [0.1, 0.15) is 19.8 Å². The Labute approximate surface area is 95.4 Å². The largest absolute Gasteiger partial charge is 0.382 e.